The largest absolute Gasteiger partial charge is 0.487 e. The number of ether oxygens (including phenoxy) is 1. The summed E-state index contributed by atoms with van der Waals surface area (Å²) in [6, 6.07) is 16.3. The Balaban J connectivity index is 1.74. The van der Waals surface area contributed by atoms with Gasteiger partial charge in [0, 0.05) is 27.1 Å². The highest BCUT2D eigenvalue weighted by Crippen LogP contribution is 2.34. The summed E-state index contributed by atoms with van der Waals surface area (Å²) >= 11 is 12.2. The van der Waals surface area contributed by atoms with Crippen molar-refractivity contribution >= 4 is 57.0 Å². The van der Waals surface area contributed by atoms with E-state index in [0.29, 0.717) is 21.5 Å². The Morgan fingerprint density at radius 3 is 2.72 bits per heavy atom. The molecule has 0 aliphatic rings. The third kappa shape index (κ3) is 4.30. The van der Waals surface area contributed by atoms with Crippen LogP contribution in [0.4, 0.5) is 5.69 Å². The van der Waals surface area contributed by atoms with Crippen LogP contribution in [-0.2, 0) is 0 Å². The van der Waals surface area contributed by atoms with Gasteiger partial charge in [0.2, 0.25) is 11.6 Å². The number of aromatic nitrogens is 2. The molecule has 0 saturated carbocycles. The van der Waals surface area contributed by atoms with E-state index in [4.69, 9.17) is 32.4 Å². The van der Waals surface area contributed by atoms with Gasteiger partial charge in [-0.05, 0) is 49.4 Å². The molecule has 5 aromatic rings. The fourth-order valence-corrected chi connectivity index (χ4v) is 4.17. The first-order valence-electron chi connectivity index (χ1n) is 10.7. The molecule has 5 rings (SSSR count). The van der Waals surface area contributed by atoms with Crippen LogP contribution in [-0.4, -0.2) is 27.4 Å². The van der Waals surface area contributed by atoms with Crippen molar-refractivity contribution in [3.63, 3.8) is 0 Å². The van der Waals surface area contributed by atoms with Gasteiger partial charge in [-0.1, -0.05) is 35.3 Å². The zero-order chi connectivity index (χ0) is 25.4. The monoisotopic (exact) mass is 522 g/mol. The van der Waals surface area contributed by atoms with Crippen LogP contribution in [0.5, 0.6) is 5.75 Å². The first-order chi connectivity index (χ1) is 17.4. The molecule has 0 aliphatic carbocycles. The van der Waals surface area contributed by atoms with Crippen LogP contribution in [0.2, 0.25) is 10.0 Å². The van der Waals surface area contributed by atoms with Crippen molar-refractivity contribution in [2.45, 2.75) is 6.92 Å². The lowest BCUT2D eigenvalue weighted by molar-refractivity contribution is -0.385. The van der Waals surface area contributed by atoms with E-state index in [1.54, 1.807) is 55.5 Å². The zero-order valence-electron chi connectivity index (χ0n) is 18.6. The molecule has 180 valence electrons. The lowest BCUT2D eigenvalue weighted by Gasteiger charge is -2.10. The second-order valence-corrected chi connectivity index (χ2v) is 8.51. The van der Waals surface area contributed by atoms with E-state index in [1.165, 1.54) is 18.3 Å². The molecule has 2 heterocycles. The maximum atomic E-state index is 13.4. The number of nitrogens with zero attached hydrogens (tertiary/aromatic N) is 4. The molecule has 36 heavy (non-hydrogen) atoms. The van der Waals surface area contributed by atoms with Crippen molar-refractivity contribution in [1.82, 2.24) is 9.66 Å². The highest BCUT2D eigenvalue weighted by atomic mass is 35.5. The number of hydrogen-bond acceptors (Lipinski definition) is 7. The molecule has 0 saturated heterocycles. The molecule has 3 aromatic carbocycles. The number of benzene rings is 3. The minimum atomic E-state index is -0.594. The summed E-state index contributed by atoms with van der Waals surface area (Å²) in [5.41, 5.74) is 0.453. The zero-order valence-corrected chi connectivity index (χ0v) is 20.2. The SMILES string of the molecule is CCOc1c(C=Nn2c(-c3cc4cc(Cl)ccc4o3)nc3ccccc3c2=O)cc(Cl)cc1[N+](=O)[O-]. The molecule has 0 fully saturated rings. The Labute approximate surface area is 213 Å². The molecule has 0 atom stereocenters. The van der Waals surface area contributed by atoms with Gasteiger partial charge in [0.15, 0.2) is 5.76 Å². The second kappa shape index (κ2) is 9.44. The molecule has 0 aliphatic heterocycles. The summed E-state index contributed by atoms with van der Waals surface area (Å²) in [5, 5.41) is 17.6. The topological polar surface area (TPSA) is 113 Å². The Morgan fingerprint density at radius 1 is 1.14 bits per heavy atom. The predicted octanol–water partition coefficient (Wildman–Crippen LogP) is 6.31. The summed E-state index contributed by atoms with van der Waals surface area (Å²) in [6.07, 6.45) is 1.27. The Hall–Kier alpha value is -4.21. The number of nitro groups is 1. The smallest absolute Gasteiger partial charge is 0.313 e. The lowest BCUT2D eigenvalue weighted by atomic mass is 10.2. The highest BCUT2D eigenvalue weighted by molar-refractivity contribution is 6.31. The summed E-state index contributed by atoms with van der Waals surface area (Å²) in [7, 11) is 0. The van der Waals surface area contributed by atoms with E-state index in [0.717, 1.165) is 10.1 Å². The minimum absolute atomic E-state index is 0.0163. The highest BCUT2D eigenvalue weighted by Gasteiger charge is 2.21. The average Bonchev–Trinajstić information content (AvgIpc) is 3.27. The van der Waals surface area contributed by atoms with Gasteiger partial charge in [-0.3, -0.25) is 14.9 Å². The standard InChI is InChI=1S/C25H16Cl2N4O5/c1-2-35-23-15(10-17(27)12-20(23)31(33)34)13-28-30-24(29-19-6-4-3-5-18(19)25(30)32)22-11-14-9-16(26)7-8-21(14)36-22/h3-13H,2H2,1H3. The number of halogens is 2. The molecule has 0 bridgehead atoms. The maximum Gasteiger partial charge on any atom is 0.313 e. The summed E-state index contributed by atoms with van der Waals surface area (Å²) < 4.78 is 12.5. The van der Waals surface area contributed by atoms with E-state index < -0.39 is 10.5 Å². The third-order valence-corrected chi connectivity index (χ3v) is 5.77. The maximum absolute atomic E-state index is 13.4. The number of hydrogen-bond donors (Lipinski definition) is 0. The van der Waals surface area contributed by atoms with Gasteiger partial charge in [-0.2, -0.15) is 9.78 Å². The minimum Gasteiger partial charge on any atom is -0.487 e. The van der Waals surface area contributed by atoms with Crippen molar-refractivity contribution in [2.75, 3.05) is 6.61 Å². The van der Waals surface area contributed by atoms with Gasteiger partial charge in [0.05, 0.1) is 28.6 Å². The van der Waals surface area contributed by atoms with E-state index in [2.05, 4.69) is 10.1 Å². The molecule has 0 N–H and O–H groups in total. The predicted molar refractivity (Wildman–Crippen MR) is 138 cm³/mol. The molecule has 0 spiro atoms. The first kappa shape index (κ1) is 23.5. The lowest BCUT2D eigenvalue weighted by Crippen LogP contribution is -2.20. The summed E-state index contributed by atoms with van der Waals surface area (Å²) in [6.45, 7) is 1.87. The fourth-order valence-electron chi connectivity index (χ4n) is 3.77. The molecule has 0 amide bonds. The van der Waals surface area contributed by atoms with Crippen molar-refractivity contribution < 1.29 is 14.1 Å². The summed E-state index contributed by atoms with van der Waals surface area (Å²) in [5.74, 6) is 0.406. The molecule has 0 radical (unpaired) electrons. The van der Waals surface area contributed by atoms with Crippen LogP contribution >= 0.6 is 23.2 Å². The van der Waals surface area contributed by atoms with Crippen LogP contribution in [0.25, 0.3) is 33.5 Å². The van der Waals surface area contributed by atoms with Gasteiger partial charge < -0.3 is 9.15 Å². The van der Waals surface area contributed by atoms with Gasteiger partial charge in [-0.25, -0.2) is 4.98 Å². The number of para-hydroxylation sites is 1. The van der Waals surface area contributed by atoms with E-state index in [-0.39, 0.29) is 40.2 Å². The first-order valence-corrected chi connectivity index (χ1v) is 11.5. The van der Waals surface area contributed by atoms with E-state index in [9.17, 15) is 14.9 Å². The quantitative estimate of drug-likeness (QED) is 0.147. The Kier molecular flexibility index (Phi) is 6.17. The Bertz CT molecular complexity index is 1740. The van der Waals surface area contributed by atoms with Crippen LogP contribution in [0.15, 0.2) is 75.0 Å². The second-order valence-electron chi connectivity index (χ2n) is 7.64. The molecule has 11 heteroatoms. The van der Waals surface area contributed by atoms with Gasteiger partial charge >= 0.3 is 5.69 Å². The third-order valence-electron chi connectivity index (χ3n) is 5.31. The van der Waals surface area contributed by atoms with E-state index in [1.807, 2.05) is 0 Å². The van der Waals surface area contributed by atoms with E-state index >= 15 is 0 Å². The number of nitro benzene ring substituents is 1. The number of fused-ring (bicyclic) bond motifs is 2. The van der Waals surface area contributed by atoms with Crippen molar-refractivity contribution in [1.29, 1.82) is 0 Å². The Morgan fingerprint density at radius 2 is 1.94 bits per heavy atom. The van der Waals surface area contributed by atoms with Crippen LogP contribution in [0, 0.1) is 10.1 Å². The van der Waals surface area contributed by atoms with Crippen molar-refractivity contribution in [3.8, 4) is 17.3 Å². The summed E-state index contributed by atoms with van der Waals surface area (Å²) in [4.78, 5) is 29.0. The van der Waals surface area contributed by atoms with Crippen LogP contribution in [0.3, 0.4) is 0 Å². The molecule has 2 aromatic heterocycles. The molecular formula is C25H16Cl2N4O5. The molecule has 9 nitrogen and oxygen atoms in total. The van der Waals surface area contributed by atoms with Gasteiger partial charge in [-0.15, -0.1) is 0 Å². The van der Waals surface area contributed by atoms with Crippen LogP contribution < -0.4 is 10.3 Å². The van der Waals surface area contributed by atoms with Crippen LogP contribution in [0.1, 0.15) is 12.5 Å². The molecular weight excluding hydrogens is 507 g/mol. The fraction of sp³-hybridized carbons (Fsp3) is 0.0800. The number of furan rings is 1. The average molecular weight is 523 g/mol. The van der Waals surface area contributed by atoms with Gasteiger partial charge in [0.1, 0.15) is 5.58 Å². The number of rotatable bonds is 6. The van der Waals surface area contributed by atoms with Crippen molar-refractivity contribution in [3.05, 3.63) is 96.7 Å². The normalized spacial score (nSPS) is 11.5. The molecule has 0 unspecified atom stereocenters. The van der Waals surface area contributed by atoms with Crippen molar-refractivity contribution in [2.24, 2.45) is 5.10 Å². The van der Waals surface area contributed by atoms with Gasteiger partial charge in [0.25, 0.3) is 5.56 Å².